The van der Waals surface area contributed by atoms with E-state index in [9.17, 15) is 19.5 Å². The Balaban J connectivity index is 1.71. The highest BCUT2D eigenvalue weighted by atomic mass is 35.5. The first-order chi connectivity index (χ1) is 20.1. The number of nitrogens with zero attached hydrogens (tertiary/aromatic N) is 2. The fraction of sp³-hybridized carbons (Fsp3) is 0.424. The lowest BCUT2D eigenvalue weighted by Gasteiger charge is -2.40. The smallest absolute Gasteiger partial charge is 0.313 e. The van der Waals surface area contributed by atoms with E-state index in [0.717, 1.165) is 5.56 Å². The summed E-state index contributed by atoms with van der Waals surface area (Å²) in [5.74, 6) is -3.52. The minimum absolute atomic E-state index is 0.0120. The van der Waals surface area contributed by atoms with Gasteiger partial charge in [-0.3, -0.25) is 14.4 Å². The predicted octanol–water partition coefficient (Wildman–Crippen LogP) is 4.64. The third kappa shape index (κ3) is 4.39. The van der Waals surface area contributed by atoms with Crippen molar-refractivity contribution in [3.05, 3.63) is 90.0 Å². The van der Waals surface area contributed by atoms with E-state index in [1.54, 1.807) is 30.3 Å². The average molecular weight is 593 g/mol. The van der Waals surface area contributed by atoms with Gasteiger partial charge in [-0.2, -0.15) is 0 Å². The highest BCUT2D eigenvalue weighted by Crippen LogP contribution is 2.66. The van der Waals surface area contributed by atoms with Gasteiger partial charge in [0.05, 0.1) is 34.9 Å². The number of esters is 1. The number of fused-ring (bicyclic) bond motifs is 1. The summed E-state index contributed by atoms with van der Waals surface area (Å²) in [4.78, 5) is 46.1. The summed E-state index contributed by atoms with van der Waals surface area (Å²) < 4.78 is 12.3. The normalized spacial score (nSPS) is 30.1. The van der Waals surface area contributed by atoms with Crippen molar-refractivity contribution in [3.63, 3.8) is 0 Å². The second-order valence-corrected chi connectivity index (χ2v) is 12.0. The van der Waals surface area contributed by atoms with Crippen LogP contribution in [0, 0.1) is 24.7 Å². The number of halogens is 1. The monoisotopic (exact) mass is 592 g/mol. The fourth-order valence-corrected chi connectivity index (χ4v) is 7.77. The third-order valence-electron chi connectivity index (χ3n) is 9.31. The van der Waals surface area contributed by atoms with Crippen molar-refractivity contribution in [1.82, 2.24) is 4.90 Å². The largest absolute Gasteiger partial charge is 0.461 e. The Morgan fingerprint density at radius 2 is 1.93 bits per heavy atom. The van der Waals surface area contributed by atoms with Gasteiger partial charge >= 0.3 is 5.97 Å². The Bertz CT molecular complexity index is 1390. The Morgan fingerprint density at radius 3 is 2.55 bits per heavy atom. The zero-order chi connectivity index (χ0) is 30.4. The first kappa shape index (κ1) is 30.0. The number of carbonyl (C=O) groups excluding carboxylic acids is 3. The highest BCUT2D eigenvalue weighted by molar-refractivity contribution is 6.34. The zero-order valence-corrected chi connectivity index (χ0v) is 24.9. The minimum atomic E-state index is -1.34. The highest BCUT2D eigenvalue weighted by Gasteiger charge is 2.81. The van der Waals surface area contributed by atoms with Crippen molar-refractivity contribution in [2.45, 2.75) is 50.5 Å². The molecule has 2 bridgehead atoms. The van der Waals surface area contributed by atoms with Gasteiger partial charge in [0.25, 0.3) is 5.91 Å². The number of aliphatic hydroxyl groups is 1. The van der Waals surface area contributed by atoms with Crippen LogP contribution in [0.3, 0.4) is 0 Å². The molecule has 2 amide bonds. The van der Waals surface area contributed by atoms with Gasteiger partial charge in [0.15, 0.2) is 0 Å². The van der Waals surface area contributed by atoms with Crippen molar-refractivity contribution in [3.8, 4) is 0 Å². The van der Waals surface area contributed by atoms with E-state index in [1.807, 2.05) is 45.0 Å². The van der Waals surface area contributed by atoms with Crippen molar-refractivity contribution in [2.24, 2.45) is 17.8 Å². The molecule has 8 nitrogen and oxygen atoms in total. The molecule has 5 rings (SSSR count). The Morgan fingerprint density at radius 1 is 1.21 bits per heavy atom. The molecular formula is C33H37ClN2O6. The summed E-state index contributed by atoms with van der Waals surface area (Å²) in [6.45, 7) is 12.8. The number of hydrogen-bond acceptors (Lipinski definition) is 6. The topological polar surface area (TPSA) is 96.4 Å². The minimum Gasteiger partial charge on any atom is -0.461 e. The lowest BCUT2D eigenvalue weighted by molar-refractivity contribution is -0.161. The van der Waals surface area contributed by atoms with Gasteiger partial charge in [0.2, 0.25) is 5.91 Å². The van der Waals surface area contributed by atoms with Crippen LogP contribution in [0.5, 0.6) is 0 Å². The zero-order valence-electron chi connectivity index (χ0n) is 24.2. The molecule has 0 aromatic heterocycles. The molecule has 42 heavy (non-hydrogen) atoms. The molecule has 0 saturated carbocycles. The van der Waals surface area contributed by atoms with E-state index >= 15 is 0 Å². The molecule has 0 radical (unpaired) electrons. The van der Waals surface area contributed by atoms with Crippen LogP contribution in [0.2, 0.25) is 5.02 Å². The van der Waals surface area contributed by atoms with Crippen molar-refractivity contribution < 1.29 is 29.0 Å². The average Bonchev–Trinajstić information content (AvgIpc) is 3.48. The Kier molecular flexibility index (Phi) is 8.09. The van der Waals surface area contributed by atoms with Crippen LogP contribution < -0.4 is 4.90 Å². The first-order valence-corrected chi connectivity index (χ1v) is 14.6. The molecule has 7 atom stereocenters. The Labute approximate surface area is 251 Å². The molecule has 3 heterocycles. The molecule has 1 N–H and O–H groups in total. The summed E-state index contributed by atoms with van der Waals surface area (Å²) in [6.07, 6.45) is 3.44. The molecule has 3 aliphatic heterocycles. The first-order valence-electron chi connectivity index (χ1n) is 14.2. The number of ether oxygens (including phenoxy) is 2. The molecule has 3 fully saturated rings. The molecule has 0 aliphatic carbocycles. The van der Waals surface area contributed by atoms with Crippen molar-refractivity contribution in [1.29, 1.82) is 0 Å². The van der Waals surface area contributed by atoms with E-state index in [4.69, 9.17) is 21.1 Å². The summed E-state index contributed by atoms with van der Waals surface area (Å²) >= 11 is 6.66. The number of anilines is 1. The van der Waals surface area contributed by atoms with Crippen LogP contribution >= 0.6 is 11.6 Å². The van der Waals surface area contributed by atoms with Gasteiger partial charge < -0.3 is 24.4 Å². The molecule has 3 saturated heterocycles. The maximum absolute atomic E-state index is 15.0. The van der Waals surface area contributed by atoms with E-state index < -0.39 is 59.5 Å². The van der Waals surface area contributed by atoms with E-state index in [0.29, 0.717) is 22.7 Å². The molecule has 2 aromatic rings. The van der Waals surface area contributed by atoms with Crippen LogP contribution in [0.1, 0.15) is 37.4 Å². The molecule has 9 heteroatoms. The fourth-order valence-electron chi connectivity index (χ4n) is 7.44. The van der Waals surface area contributed by atoms with Gasteiger partial charge in [-0.05, 0) is 43.4 Å². The second kappa shape index (κ2) is 11.3. The SMILES string of the molecule is C=CCOC(=O)[C@H]1[C@H]2C(=O)N([C@H](CO)c3ccccc3)C(C(=O)N(CC=C)c3c(C)cccc3Cl)C23CC(C)[C@]1(C)O3. The molecule has 222 valence electrons. The number of carbonyl (C=O) groups is 3. The lowest BCUT2D eigenvalue weighted by Crippen LogP contribution is -2.57. The third-order valence-corrected chi connectivity index (χ3v) is 9.62. The maximum Gasteiger partial charge on any atom is 0.313 e. The lowest BCUT2D eigenvalue weighted by atomic mass is 9.62. The van der Waals surface area contributed by atoms with Gasteiger partial charge in [-0.1, -0.05) is 79.7 Å². The molecule has 2 aromatic carbocycles. The van der Waals surface area contributed by atoms with E-state index in [1.165, 1.54) is 15.9 Å². The quantitative estimate of drug-likeness (QED) is 0.319. The van der Waals surface area contributed by atoms with Crippen LogP contribution in [-0.4, -0.2) is 64.8 Å². The van der Waals surface area contributed by atoms with Gasteiger partial charge in [0, 0.05) is 6.54 Å². The summed E-state index contributed by atoms with van der Waals surface area (Å²) in [5.41, 5.74) is -0.436. The molecule has 3 aliphatic rings. The van der Waals surface area contributed by atoms with Crippen LogP contribution in [0.15, 0.2) is 73.8 Å². The number of para-hydroxylation sites is 1. The number of hydrogen-bond donors (Lipinski definition) is 1. The van der Waals surface area contributed by atoms with Crippen LogP contribution in [-0.2, 0) is 23.9 Å². The van der Waals surface area contributed by atoms with Crippen molar-refractivity contribution >= 4 is 35.1 Å². The van der Waals surface area contributed by atoms with Crippen LogP contribution in [0.4, 0.5) is 5.69 Å². The van der Waals surface area contributed by atoms with Crippen LogP contribution in [0.25, 0.3) is 0 Å². The standard InChI is InChI=1S/C33H37ClN2O6/c1-6-16-35(27-20(3)12-11-15-23(27)34)30(39)28-33-18-21(4)32(5,42-33)26(31(40)41-17-7-2)25(33)29(38)36(28)24(19-37)22-13-9-8-10-14-22/h6-15,21,24-26,28,37H,1-2,16-19H2,3-5H3/t21?,24-,25+,26-,28?,32+,33?/m1/s1. The number of benzene rings is 2. The molecule has 3 unspecified atom stereocenters. The molecule has 1 spiro atoms. The maximum atomic E-state index is 15.0. The Hall–Kier alpha value is -3.46. The number of aliphatic hydroxyl groups excluding tert-OH is 1. The van der Waals surface area contributed by atoms with Gasteiger partial charge in [0.1, 0.15) is 24.2 Å². The number of aryl methyl sites for hydroxylation is 1. The van der Waals surface area contributed by atoms with Gasteiger partial charge in [-0.25, -0.2) is 0 Å². The number of likely N-dealkylation sites (tertiary alicyclic amines) is 1. The van der Waals surface area contributed by atoms with E-state index in [-0.39, 0.29) is 19.1 Å². The second-order valence-electron chi connectivity index (χ2n) is 11.6. The predicted molar refractivity (Wildman–Crippen MR) is 160 cm³/mol. The summed E-state index contributed by atoms with van der Waals surface area (Å²) in [6, 6.07) is 12.4. The summed E-state index contributed by atoms with van der Waals surface area (Å²) in [5, 5.41) is 11.1. The molecular weight excluding hydrogens is 556 g/mol. The van der Waals surface area contributed by atoms with Gasteiger partial charge in [-0.15, -0.1) is 6.58 Å². The number of rotatable bonds is 10. The van der Waals surface area contributed by atoms with Crippen molar-refractivity contribution in [2.75, 3.05) is 24.7 Å². The van der Waals surface area contributed by atoms with E-state index in [2.05, 4.69) is 13.2 Å². The summed E-state index contributed by atoms with van der Waals surface area (Å²) in [7, 11) is 0. The number of amides is 2.